The largest absolute Gasteiger partial charge is 0.369 e. The standard InChI is InChI=1S/C18H21N3O2S2/c1-10-6-11(2)8-13(7-10)18(4-5-18)16(23)21-17-20-12(3)15(25-17)24-9-14(19)22/h6-8H,4-5,9H2,1-3H3,(H2,19,22)(H,20,21,23). The van der Waals surface area contributed by atoms with Crippen LogP contribution in [0.3, 0.4) is 0 Å². The number of rotatable bonds is 6. The van der Waals surface area contributed by atoms with Crippen molar-refractivity contribution in [1.82, 2.24) is 4.98 Å². The maximum atomic E-state index is 12.9. The first-order valence-electron chi connectivity index (χ1n) is 8.09. The van der Waals surface area contributed by atoms with Gasteiger partial charge in [0.2, 0.25) is 11.8 Å². The zero-order chi connectivity index (χ0) is 18.2. The fourth-order valence-corrected chi connectivity index (χ4v) is 4.82. The van der Waals surface area contributed by atoms with Crippen molar-refractivity contribution in [3.05, 3.63) is 40.6 Å². The molecule has 132 valence electrons. The molecule has 0 aliphatic heterocycles. The molecule has 1 aromatic carbocycles. The van der Waals surface area contributed by atoms with Gasteiger partial charge in [0.05, 0.1) is 21.1 Å². The molecule has 1 aliphatic carbocycles. The van der Waals surface area contributed by atoms with E-state index >= 15 is 0 Å². The first kappa shape index (κ1) is 17.9. The summed E-state index contributed by atoms with van der Waals surface area (Å²) in [6.07, 6.45) is 1.71. The third kappa shape index (κ3) is 3.88. The molecule has 2 amide bonds. The number of carbonyl (C=O) groups is 2. The van der Waals surface area contributed by atoms with Gasteiger partial charge >= 0.3 is 0 Å². The highest BCUT2D eigenvalue weighted by molar-refractivity contribution is 8.01. The number of benzene rings is 1. The number of anilines is 1. The van der Waals surface area contributed by atoms with Crippen molar-refractivity contribution in [3.8, 4) is 0 Å². The van der Waals surface area contributed by atoms with Gasteiger partial charge in [-0.05, 0) is 39.2 Å². The normalized spacial score (nSPS) is 15.0. The van der Waals surface area contributed by atoms with E-state index in [0.29, 0.717) is 5.13 Å². The zero-order valence-electron chi connectivity index (χ0n) is 14.5. The smallest absolute Gasteiger partial charge is 0.236 e. The predicted octanol–water partition coefficient (Wildman–Crippen LogP) is 3.32. The Kier molecular flexibility index (Phi) is 4.88. The van der Waals surface area contributed by atoms with E-state index in [1.54, 1.807) is 0 Å². The van der Waals surface area contributed by atoms with Crippen molar-refractivity contribution in [3.63, 3.8) is 0 Å². The lowest BCUT2D eigenvalue weighted by molar-refractivity contribution is -0.118. The van der Waals surface area contributed by atoms with Crippen LogP contribution >= 0.6 is 23.1 Å². The molecule has 0 saturated heterocycles. The first-order valence-corrected chi connectivity index (χ1v) is 9.89. The molecule has 1 saturated carbocycles. The number of nitrogens with zero attached hydrogens (tertiary/aromatic N) is 1. The minimum absolute atomic E-state index is 0.00213. The van der Waals surface area contributed by atoms with Gasteiger partial charge < -0.3 is 11.1 Å². The second-order valence-electron chi connectivity index (χ2n) is 6.56. The summed E-state index contributed by atoms with van der Waals surface area (Å²) < 4.78 is 0.908. The van der Waals surface area contributed by atoms with Gasteiger partial charge in [-0.15, -0.1) is 11.8 Å². The fraction of sp³-hybridized carbons (Fsp3) is 0.389. The number of amides is 2. The van der Waals surface area contributed by atoms with Gasteiger partial charge in [0.15, 0.2) is 5.13 Å². The Morgan fingerprint density at radius 3 is 2.44 bits per heavy atom. The summed E-state index contributed by atoms with van der Waals surface area (Å²) in [5.41, 5.74) is 8.99. The zero-order valence-corrected chi connectivity index (χ0v) is 16.1. The number of nitrogens with one attached hydrogen (secondary N) is 1. The van der Waals surface area contributed by atoms with Crippen molar-refractivity contribution < 1.29 is 9.59 Å². The van der Waals surface area contributed by atoms with Gasteiger partial charge in [-0.2, -0.15) is 0 Å². The number of carbonyl (C=O) groups excluding carboxylic acids is 2. The molecule has 3 rings (SSSR count). The Labute approximate surface area is 155 Å². The molecule has 1 aliphatic rings. The van der Waals surface area contributed by atoms with Crippen LogP contribution in [0.15, 0.2) is 22.4 Å². The molecule has 0 atom stereocenters. The molecular formula is C18H21N3O2S2. The molecule has 0 unspecified atom stereocenters. The van der Waals surface area contributed by atoms with Gasteiger partial charge in [-0.1, -0.05) is 40.7 Å². The molecule has 1 fully saturated rings. The topological polar surface area (TPSA) is 85.1 Å². The molecule has 2 aromatic rings. The van der Waals surface area contributed by atoms with Crippen LogP contribution in [-0.4, -0.2) is 22.6 Å². The van der Waals surface area contributed by atoms with E-state index in [1.807, 2.05) is 6.92 Å². The molecule has 1 aromatic heterocycles. The van der Waals surface area contributed by atoms with Crippen molar-refractivity contribution in [2.24, 2.45) is 5.73 Å². The minimum atomic E-state index is -0.434. The second kappa shape index (κ2) is 6.80. The average Bonchev–Trinajstić information content (AvgIpc) is 3.25. The lowest BCUT2D eigenvalue weighted by atomic mass is 9.92. The van der Waals surface area contributed by atoms with Gasteiger partial charge in [0.25, 0.3) is 0 Å². The maximum absolute atomic E-state index is 12.9. The van der Waals surface area contributed by atoms with E-state index in [0.717, 1.165) is 28.3 Å². The minimum Gasteiger partial charge on any atom is -0.369 e. The van der Waals surface area contributed by atoms with Crippen LogP contribution in [0.5, 0.6) is 0 Å². The second-order valence-corrected chi connectivity index (χ2v) is 8.80. The Morgan fingerprint density at radius 2 is 1.88 bits per heavy atom. The van der Waals surface area contributed by atoms with Crippen molar-refractivity contribution >= 4 is 40.0 Å². The Hall–Kier alpha value is -1.86. The van der Waals surface area contributed by atoms with E-state index in [9.17, 15) is 9.59 Å². The third-order valence-corrected chi connectivity index (χ3v) is 6.74. The Bertz CT molecular complexity index is 821. The summed E-state index contributed by atoms with van der Waals surface area (Å²) in [5.74, 6) is -0.157. The maximum Gasteiger partial charge on any atom is 0.236 e. The highest BCUT2D eigenvalue weighted by atomic mass is 32.2. The monoisotopic (exact) mass is 375 g/mol. The van der Waals surface area contributed by atoms with E-state index in [2.05, 4.69) is 42.3 Å². The van der Waals surface area contributed by atoms with Gasteiger partial charge in [-0.25, -0.2) is 4.98 Å². The lowest BCUT2D eigenvalue weighted by Gasteiger charge is -2.16. The summed E-state index contributed by atoms with van der Waals surface area (Å²) in [6, 6.07) is 6.31. The number of thiazole rings is 1. The number of hydrogen-bond donors (Lipinski definition) is 2. The third-order valence-electron chi connectivity index (χ3n) is 4.28. The summed E-state index contributed by atoms with van der Waals surface area (Å²) in [5, 5.41) is 3.54. The van der Waals surface area contributed by atoms with E-state index in [-0.39, 0.29) is 17.6 Å². The molecule has 3 N–H and O–H groups in total. The lowest BCUT2D eigenvalue weighted by Crippen LogP contribution is -2.28. The van der Waals surface area contributed by atoms with E-state index in [4.69, 9.17) is 5.73 Å². The Morgan fingerprint density at radius 1 is 1.24 bits per heavy atom. The van der Waals surface area contributed by atoms with Crippen molar-refractivity contribution in [2.75, 3.05) is 11.1 Å². The molecule has 0 radical (unpaired) electrons. The van der Waals surface area contributed by atoms with Gasteiger partial charge in [-0.3, -0.25) is 9.59 Å². The van der Waals surface area contributed by atoms with Crippen LogP contribution in [-0.2, 0) is 15.0 Å². The van der Waals surface area contributed by atoms with Crippen LogP contribution in [0.2, 0.25) is 0 Å². The van der Waals surface area contributed by atoms with Crippen LogP contribution in [0.4, 0.5) is 5.13 Å². The van der Waals surface area contributed by atoms with Crippen LogP contribution in [0.1, 0.15) is 35.2 Å². The van der Waals surface area contributed by atoms with Crippen LogP contribution in [0, 0.1) is 20.8 Å². The molecule has 0 spiro atoms. The number of thioether (sulfide) groups is 1. The SMILES string of the molecule is Cc1cc(C)cc(C2(C(=O)Nc3nc(C)c(SCC(N)=O)s3)CC2)c1. The molecule has 25 heavy (non-hydrogen) atoms. The molecule has 5 nitrogen and oxygen atoms in total. The Balaban J connectivity index is 1.76. The van der Waals surface area contributed by atoms with Crippen molar-refractivity contribution in [2.45, 2.75) is 43.2 Å². The van der Waals surface area contributed by atoms with Crippen LogP contribution in [0.25, 0.3) is 0 Å². The van der Waals surface area contributed by atoms with Gasteiger partial charge in [0.1, 0.15) is 0 Å². The summed E-state index contributed by atoms with van der Waals surface area (Å²) in [7, 11) is 0. The number of aromatic nitrogens is 1. The number of hydrogen-bond acceptors (Lipinski definition) is 5. The number of nitrogens with two attached hydrogens (primary N) is 1. The number of primary amides is 1. The first-order chi connectivity index (χ1) is 11.8. The average molecular weight is 376 g/mol. The predicted molar refractivity (Wildman–Crippen MR) is 102 cm³/mol. The highest BCUT2D eigenvalue weighted by Gasteiger charge is 2.51. The van der Waals surface area contributed by atoms with Gasteiger partial charge in [0, 0.05) is 0 Å². The molecule has 7 heteroatoms. The summed E-state index contributed by atoms with van der Waals surface area (Å²) in [4.78, 5) is 28.2. The number of aryl methyl sites for hydroxylation is 3. The molecule has 0 bridgehead atoms. The van der Waals surface area contributed by atoms with Crippen LogP contribution < -0.4 is 11.1 Å². The van der Waals surface area contributed by atoms with Crippen molar-refractivity contribution in [1.29, 1.82) is 0 Å². The highest BCUT2D eigenvalue weighted by Crippen LogP contribution is 2.49. The summed E-state index contributed by atoms with van der Waals surface area (Å²) in [6.45, 7) is 5.97. The van der Waals surface area contributed by atoms with E-state index < -0.39 is 5.41 Å². The quantitative estimate of drug-likeness (QED) is 0.759. The van der Waals surface area contributed by atoms with E-state index in [1.165, 1.54) is 34.2 Å². The summed E-state index contributed by atoms with van der Waals surface area (Å²) >= 11 is 2.74. The molecular weight excluding hydrogens is 354 g/mol. The molecule has 1 heterocycles. The fourth-order valence-electron chi connectivity index (χ4n) is 2.95.